The van der Waals surface area contributed by atoms with Crippen LogP contribution in [0.15, 0.2) is 48.5 Å². The van der Waals surface area contributed by atoms with E-state index in [0.717, 1.165) is 44.3 Å². The number of methoxy groups -OCH3 is 1. The van der Waals surface area contributed by atoms with E-state index in [2.05, 4.69) is 28.4 Å². The van der Waals surface area contributed by atoms with Crippen LogP contribution in [-0.4, -0.2) is 50.8 Å². The summed E-state index contributed by atoms with van der Waals surface area (Å²) in [5.41, 5.74) is 2.43. The maximum Gasteiger partial charge on any atom is 0.220 e. The Bertz CT molecular complexity index is 758. The quantitative estimate of drug-likeness (QED) is 0.624. The third-order valence-corrected chi connectivity index (χ3v) is 4.97. The van der Waals surface area contributed by atoms with Crippen LogP contribution in [0, 0.1) is 0 Å². The molecule has 1 amide bonds. The highest BCUT2D eigenvalue weighted by Gasteiger charge is 2.13. The minimum Gasteiger partial charge on any atom is -0.497 e. The van der Waals surface area contributed by atoms with Crippen molar-refractivity contribution in [2.75, 3.05) is 40.0 Å². The lowest BCUT2D eigenvalue weighted by molar-refractivity contribution is -0.121. The average Bonchev–Trinajstić information content (AvgIpc) is 2.77. The van der Waals surface area contributed by atoms with Crippen LogP contribution in [0.3, 0.4) is 0 Å². The van der Waals surface area contributed by atoms with Crippen LogP contribution in [-0.2, 0) is 22.6 Å². The summed E-state index contributed by atoms with van der Waals surface area (Å²) in [4.78, 5) is 14.6. The standard InChI is InChI=1S/C23H30N2O4/c1-27-21-8-10-22(11-9-21)29-14-4-7-23(26)24-17-19-5-2-3-6-20(19)18-25-12-15-28-16-13-25/h2-3,5-6,8-11H,4,7,12-18H2,1H3,(H,24,26). The Labute approximate surface area is 172 Å². The number of hydrogen-bond donors (Lipinski definition) is 1. The number of ether oxygens (including phenoxy) is 3. The average molecular weight is 399 g/mol. The Morgan fingerprint density at radius 1 is 1.03 bits per heavy atom. The molecule has 1 heterocycles. The van der Waals surface area contributed by atoms with Gasteiger partial charge in [0.15, 0.2) is 0 Å². The maximum atomic E-state index is 12.2. The van der Waals surface area contributed by atoms with E-state index in [1.165, 1.54) is 11.1 Å². The molecule has 2 aromatic rings. The first-order valence-corrected chi connectivity index (χ1v) is 10.1. The van der Waals surface area contributed by atoms with Crippen LogP contribution in [0.2, 0.25) is 0 Å². The smallest absolute Gasteiger partial charge is 0.220 e. The number of nitrogens with zero attached hydrogens (tertiary/aromatic N) is 1. The summed E-state index contributed by atoms with van der Waals surface area (Å²) in [7, 11) is 1.63. The van der Waals surface area contributed by atoms with Gasteiger partial charge in [-0.1, -0.05) is 24.3 Å². The molecule has 3 rings (SSSR count). The fourth-order valence-corrected chi connectivity index (χ4v) is 3.26. The van der Waals surface area contributed by atoms with Gasteiger partial charge in [-0.25, -0.2) is 0 Å². The van der Waals surface area contributed by atoms with Crippen LogP contribution in [0.25, 0.3) is 0 Å². The van der Waals surface area contributed by atoms with Gasteiger partial charge in [0.25, 0.3) is 0 Å². The molecule has 0 radical (unpaired) electrons. The summed E-state index contributed by atoms with van der Waals surface area (Å²) < 4.78 is 16.2. The van der Waals surface area contributed by atoms with Gasteiger partial charge in [-0.05, 0) is 41.8 Å². The van der Waals surface area contributed by atoms with E-state index >= 15 is 0 Å². The van der Waals surface area contributed by atoms with Crippen molar-refractivity contribution in [1.82, 2.24) is 10.2 Å². The van der Waals surface area contributed by atoms with Crippen LogP contribution in [0.5, 0.6) is 11.5 Å². The lowest BCUT2D eigenvalue weighted by Crippen LogP contribution is -2.36. The van der Waals surface area contributed by atoms with Gasteiger partial charge in [0.05, 0.1) is 26.9 Å². The molecule has 0 aliphatic carbocycles. The number of carbonyl (C=O) groups excluding carboxylic acids is 1. The Morgan fingerprint density at radius 2 is 1.72 bits per heavy atom. The zero-order valence-corrected chi connectivity index (χ0v) is 17.1. The van der Waals surface area contributed by atoms with Crippen molar-refractivity contribution in [1.29, 1.82) is 0 Å². The Morgan fingerprint density at radius 3 is 2.45 bits per heavy atom. The molecule has 6 heteroatoms. The Kier molecular flexibility index (Phi) is 8.34. The highest BCUT2D eigenvalue weighted by atomic mass is 16.5. The second kappa shape index (κ2) is 11.4. The van der Waals surface area contributed by atoms with Crippen molar-refractivity contribution < 1.29 is 19.0 Å². The largest absolute Gasteiger partial charge is 0.497 e. The van der Waals surface area contributed by atoms with Crippen LogP contribution >= 0.6 is 0 Å². The summed E-state index contributed by atoms with van der Waals surface area (Å²) in [5.74, 6) is 1.62. The molecule has 1 aliphatic rings. The van der Waals surface area contributed by atoms with E-state index in [0.29, 0.717) is 26.0 Å². The predicted molar refractivity (Wildman–Crippen MR) is 112 cm³/mol. The predicted octanol–water partition coefficient (Wildman–Crippen LogP) is 3.00. The zero-order valence-electron chi connectivity index (χ0n) is 17.1. The summed E-state index contributed by atoms with van der Waals surface area (Å²) in [5, 5.41) is 3.04. The molecule has 2 aromatic carbocycles. The van der Waals surface area contributed by atoms with Crippen molar-refractivity contribution in [3.63, 3.8) is 0 Å². The minimum atomic E-state index is 0.0458. The normalized spacial score (nSPS) is 14.4. The van der Waals surface area contributed by atoms with Crippen LogP contribution in [0.4, 0.5) is 0 Å². The van der Waals surface area contributed by atoms with Crippen LogP contribution < -0.4 is 14.8 Å². The third-order valence-electron chi connectivity index (χ3n) is 4.97. The first kappa shape index (κ1) is 21.1. The maximum absolute atomic E-state index is 12.2. The van der Waals surface area contributed by atoms with Gasteiger partial charge in [0.1, 0.15) is 11.5 Å². The van der Waals surface area contributed by atoms with E-state index in [1.807, 2.05) is 30.3 Å². The summed E-state index contributed by atoms with van der Waals surface area (Å²) in [6.07, 6.45) is 1.12. The second-order valence-corrected chi connectivity index (χ2v) is 7.06. The molecule has 1 aliphatic heterocycles. The van der Waals surface area contributed by atoms with Crippen molar-refractivity contribution >= 4 is 5.91 Å². The topological polar surface area (TPSA) is 60.0 Å². The van der Waals surface area contributed by atoms with Gasteiger partial charge in [0, 0.05) is 32.6 Å². The van der Waals surface area contributed by atoms with Gasteiger partial charge < -0.3 is 19.5 Å². The van der Waals surface area contributed by atoms with E-state index in [9.17, 15) is 4.79 Å². The molecule has 0 atom stereocenters. The molecule has 6 nitrogen and oxygen atoms in total. The van der Waals surface area contributed by atoms with Crippen LogP contribution in [0.1, 0.15) is 24.0 Å². The molecule has 0 spiro atoms. The summed E-state index contributed by atoms with van der Waals surface area (Å²) in [6, 6.07) is 15.7. The lowest BCUT2D eigenvalue weighted by atomic mass is 10.1. The number of carbonyl (C=O) groups is 1. The monoisotopic (exact) mass is 398 g/mol. The Hall–Kier alpha value is -2.57. The molecule has 156 valence electrons. The minimum absolute atomic E-state index is 0.0458. The summed E-state index contributed by atoms with van der Waals surface area (Å²) in [6.45, 7) is 5.44. The van der Waals surface area contributed by atoms with Gasteiger partial charge in [-0.2, -0.15) is 0 Å². The van der Waals surface area contributed by atoms with Crippen molar-refractivity contribution in [3.8, 4) is 11.5 Å². The second-order valence-electron chi connectivity index (χ2n) is 7.06. The number of benzene rings is 2. The lowest BCUT2D eigenvalue weighted by Gasteiger charge is -2.27. The molecule has 0 unspecified atom stereocenters. The highest BCUT2D eigenvalue weighted by Crippen LogP contribution is 2.17. The van der Waals surface area contributed by atoms with Crippen molar-refractivity contribution in [2.24, 2.45) is 0 Å². The molecule has 1 saturated heterocycles. The number of rotatable bonds is 10. The number of nitrogens with one attached hydrogen (secondary N) is 1. The van der Waals surface area contributed by atoms with E-state index in [4.69, 9.17) is 14.2 Å². The molecule has 29 heavy (non-hydrogen) atoms. The fraction of sp³-hybridized carbons (Fsp3) is 0.435. The zero-order chi connectivity index (χ0) is 20.3. The van der Waals surface area contributed by atoms with Crippen molar-refractivity contribution in [3.05, 3.63) is 59.7 Å². The van der Waals surface area contributed by atoms with E-state index in [-0.39, 0.29) is 5.91 Å². The molecule has 1 fully saturated rings. The fourth-order valence-electron chi connectivity index (χ4n) is 3.26. The third kappa shape index (κ3) is 7.07. The van der Waals surface area contributed by atoms with Gasteiger partial charge >= 0.3 is 0 Å². The highest BCUT2D eigenvalue weighted by molar-refractivity contribution is 5.75. The molecule has 0 aromatic heterocycles. The summed E-state index contributed by atoms with van der Waals surface area (Å²) >= 11 is 0. The first-order valence-electron chi connectivity index (χ1n) is 10.1. The number of morpholine rings is 1. The first-order chi connectivity index (χ1) is 14.2. The van der Waals surface area contributed by atoms with Crippen molar-refractivity contribution in [2.45, 2.75) is 25.9 Å². The molecule has 0 saturated carbocycles. The van der Waals surface area contributed by atoms with Gasteiger partial charge in [0.2, 0.25) is 5.91 Å². The Balaban J connectivity index is 1.37. The van der Waals surface area contributed by atoms with E-state index in [1.54, 1.807) is 7.11 Å². The number of hydrogen-bond acceptors (Lipinski definition) is 5. The molecular formula is C23H30N2O4. The SMILES string of the molecule is COc1ccc(OCCCC(=O)NCc2ccccc2CN2CCOCC2)cc1. The number of amides is 1. The van der Waals surface area contributed by atoms with E-state index < -0.39 is 0 Å². The van der Waals surface area contributed by atoms with Gasteiger partial charge in [-0.3, -0.25) is 9.69 Å². The molecule has 0 bridgehead atoms. The molecular weight excluding hydrogens is 368 g/mol. The van der Waals surface area contributed by atoms with Gasteiger partial charge in [-0.15, -0.1) is 0 Å². The molecule has 1 N–H and O–H groups in total.